The lowest BCUT2D eigenvalue weighted by molar-refractivity contribution is -0.122. The van der Waals surface area contributed by atoms with Crippen molar-refractivity contribution in [3.05, 3.63) is 12.2 Å². The average molecular weight is 311 g/mol. The fourth-order valence-electron chi connectivity index (χ4n) is 7.10. The lowest BCUT2D eigenvalue weighted by Crippen LogP contribution is -2.60. The topological polar surface area (TPSA) is 29.1 Å². The monoisotopic (exact) mass is 311 g/mol. The third-order valence-corrected chi connectivity index (χ3v) is 7.99. The van der Waals surface area contributed by atoms with Crippen molar-refractivity contribution in [3.63, 3.8) is 0 Å². The summed E-state index contributed by atoms with van der Waals surface area (Å²) in [4.78, 5) is 11.9. The minimum atomic E-state index is -0.230. The van der Waals surface area contributed by atoms with Crippen molar-refractivity contribution in [3.8, 4) is 12.3 Å². The van der Waals surface area contributed by atoms with E-state index in [9.17, 15) is 4.79 Å². The van der Waals surface area contributed by atoms with Crippen LogP contribution >= 0.6 is 0 Å². The summed E-state index contributed by atoms with van der Waals surface area (Å²) in [6.07, 6.45) is 16.9. The highest BCUT2D eigenvalue weighted by molar-refractivity contribution is 5.93. The Morgan fingerprint density at radius 1 is 1.26 bits per heavy atom. The Hall–Kier alpha value is -1.23. The quantitative estimate of drug-likeness (QED) is 0.574. The van der Waals surface area contributed by atoms with Gasteiger partial charge in [0, 0.05) is 5.54 Å². The maximum atomic E-state index is 11.9. The SMILES string of the molecule is C#CC(=O)N[C@]1(C)CCCC2C3CC[C@@H]4C[C@@]3(CCC21)CC4=C. The first kappa shape index (κ1) is 15.3. The van der Waals surface area contributed by atoms with Gasteiger partial charge in [-0.3, -0.25) is 4.79 Å². The number of terminal acetylenes is 1. The van der Waals surface area contributed by atoms with Crippen molar-refractivity contribution in [1.29, 1.82) is 0 Å². The van der Waals surface area contributed by atoms with Crippen LogP contribution in [-0.2, 0) is 4.79 Å². The third-order valence-electron chi connectivity index (χ3n) is 7.99. The maximum Gasteiger partial charge on any atom is 0.296 e. The summed E-state index contributed by atoms with van der Waals surface area (Å²) in [6.45, 7) is 6.63. The van der Waals surface area contributed by atoms with Crippen LogP contribution < -0.4 is 5.32 Å². The normalized spacial score (nSPS) is 48.1. The van der Waals surface area contributed by atoms with Crippen LogP contribution in [-0.4, -0.2) is 11.4 Å². The Morgan fingerprint density at radius 3 is 2.87 bits per heavy atom. The number of carbonyl (C=O) groups excluding carboxylic acids is 1. The number of hydrogen-bond acceptors (Lipinski definition) is 1. The van der Waals surface area contributed by atoms with E-state index in [1.54, 1.807) is 0 Å². The highest BCUT2D eigenvalue weighted by atomic mass is 16.1. The van der Waals surface area contributed by atoms with E-state index in [-0.39, 0.29) is 11.4 Å². The van der Waals surface area contributed by atoms with E-state index in [4.69, 9.17) is 6.42 Å². The number of allylic oxidation sites excluding steroid dienone is 1. The van der Waals surface area contributed by atoms with Gasteiger partial charge in [0.2, 0.25) is 0 Å². The molecule has 0 aliphatic heterocycles. The predicted molar refractivity (Wildman–Crippen MR) is 92.5 cm³/mol. The summed E-state index contributed by atoms with van der Waals surface area (Å²) in [5, 5.41) is 3.20. The van der Waals surface area contributed by atoms with Crippen molar-refractivity contribution in [2.24, 2.45) is 29.1 Å². The maximum absolute atomic E-state index is 11.9. The van der Waals surface area contributed by atoms with Gasteiger partial charge in [-0.25, -0.2) is 0 Å². The van der Waals surface area contributed by atoms with Gasteiger partial charge in [-0.15, -0.1) is 6.42 Å². The summed E-state index contributed by atoms with van der Waals surface area (Å²) in [7, 11) is 0. The molecular formula is C21H29NO. The van der Waals surface area contributed by atoms with E-state index >= 15 is 0 Å². The van der Waals surface area contributed by atoms with Gasteiger partial charge in [-0.2, -0.15) is 0 Å². The van der Waals surface area contributed by atoms with E-state index in [1.165, 1.54) is 56.9 Å². The van der Waals surface area contributed by atoms with Crippen LogP contribution in [0, 0.1) is 41.4 Å². The Balaban J connectivity index is 1.62. The molecule has 0 heterocycles. The van der Waals surface area contributed by atoms with Gasteiger partial charge in [0.25, 0.3) is 5.91 Å². The van der Waals surface area contributed by atoms with Crippen molar-refractivity contribution in [1.82, 2.24) is 5.32 Å². The fourth-order valence-corrected chi connectivity index (χ4v) is 7.10. The Kier molecular flexibility index (Phi) is 3.42. The molecule has 1 amide bonds. The smallest absolute Gasteiger partial charge is 0.296 e. The zero-order chi connectivity index (χ0) is 16.2. The van der Waals surface area contributed by atoms with Crippen LogP contribution in [0.3, 0.4) is 0 Å². The molecule has 4 saturated carbocycles. The molecule has 0 aromatic rings. The first-order valence-corrected chi connectivity index (χ1v) is 9.44. The second-order valence-corrected chi connectivity index (χ2v) is 9.00. The largest absolute Gasteiger partial charge is 0.340 e. The molecule has 2 bridgehead atoms. The van der Waals surface area contributed by atoms with E-state index in [0.717, 1.165) is 24.2 Å². The second kappa shape index (κ2) is 5.13. The molecule has 0 radical (unpaired) electrons. The summed E-state index contributed by atoms with van der Waals surface area (Å²) < 4.78 is 0. The Labute approximate surface area is 140 Å². The highest BCUT2D eigenvalue weighted by Gasteiger charge is 2.59. The number of hydrogen-bond donors (Lipinski definition) is 1. The van der Waals surface area contributed by atoms with Crippen LogP contribution in [0.25, 0.3) is 0 Å². The summed E-state index contributed by atoms with van der Waals surface area (Å²) in [5.41, 5.74) is 1.99. The third kappa shape index (κ3) is 2.19. The van der Waals surface area contributed by atoms with E-state index in [0.29, 0.717) is 11.3 Å². The van der Waals surface area contributed by atoms with Gasteiger partial charge in [0.1, 0.15) is 0 Å². The summed E-state index contributed by atoms with van der Waals surface area (Å²) >= 11 is 0. The molecule has 1 N–H and O–H groups in total. The standard InChI is InChI=1S/C21H29NO/c1-4-19(23)22-20(3)10-5-6-16-17(20)9-11-21-12-14(2)15(13-21)7-8-18(16)21/h1,15-18H,2,5-13H2,3H3,(H,22,23)/t15-,16?,17?,18?,20-,21-/m1/s1. The molecule has 0 saturated heterocycles. The zero-order valence-electron chi connectivity index (χ0n) is 14.4. The van der Waals surface area contributed by atoms with Crippen LogP contribution in [0.1, 0.15) is 64.7 Å². The first-order valence-electron chi connectivity index (χ1n) is 9.44. The van der Waals surface area contributed by atoms with Gasteiger partial charge in [-0.1, -0.05) is 18.6 Å². The van der Waals surface area contributed by atoms with Gasteiger partial charge < -0.3 is 5.32 Å². The highest BCUT2D eigenvalue weighted by Crippen LogP contribution is 2.66. The second-order valence-electron chi connectivity index (χ2n) is 9.00. The molecule has 0 aromatic carbocycles. The fraction of sp³-hybridized carbons (Fsp3) is 0.762. The molecule has 6 atom stereocenters. The van der Waals surface area contributed by atoms with Gasteiger partial charge in [0.05, 0.1) is 0 Å². The Morgan fingerprint density at radius 2 is 2.09 bits per heavy atom. The number of amides is 1. The van der Waals surface area contributed by atoms with E-state index in [1.807, 2.05) is 0 Å². The molecule has 4 rings (SSSR count). The number of carbonyl (C=O) groups is 1. The number of nitrogens with one attached hydrogen (secondary N) is 1. The summed E-state index contributed by atoms with van der Waals surface area (Å²) in [6, 6.07) is 0. The number of rotatable bonds is 1. The molecule has 3 unspecified atom stereocenters. The predicted octanol–water partition coefficient (Wildman–Crippen LogP) is 4.07. The van der Waals surface area contributed by atoms with Gasteiger partial charge in [0.15, 0.2) is 0 Å². The van der Waals surface area contributed by atoms with E-state index in [2.05, 4.69) is 24.7 Å². The summed E-state index contributed by atoms with van der Waals surface area (Å²) in [5.74, 6) is 5.06. The number of fused-ring (bicyclic) bond motifs is 3. The molecule has 1 spiro atoms. The Bertz CT molecular complexity index is 587. The van der Waals surface area contributed by atoms with Crippen molar-refractivity contribution in [2.45, 2.75) is 70.3 Å². The molecule has 2 nitrogen and oxygen atoms in total. The lowest BCUT2D eigenvalue weighted by atomic mass is 9.48. The molecule has 2 heteroatoms. The van der Waals surface area contributed by atoms with Crippen molar-refractivity contribution >= 4 is 5.91 Å². The van der Waals surface area contributed by atoms with Crippen LogP contribution in [0.5, 0.6) is 0 Å². The van der Waals surface area contributed by atoms with Gasteiger partial charge in [-0.05, 0) is 93.3 Å². The molecule has 124 valence electrons. The van der Waals surface area contributed by atoms with Crippen molar-refractivity contribution in [2.75, 3.05) is 0 Å². The average Bonchev–Trinajstić information content (AvgIpc) is 2.76. The minimum absolute atomic E-state index is 0.0968. The lowest BCUT2D eigenvalue weighted by Gasteiger charge is -2.58. The van der Waals surface area contributed by atoms with Gasteiger partial charge >= 0.3 is 0 Å². The van der Waals surface area contributed by atoms with Crippen molar-refractivity contribution < 1.29 is 4.79 Å². The zero-order valence-corrected chi connectivity index (χ0v) is 14.4. The first-order chi connectivity index (χ1) is 11.0. The molecule has 0 aromatic heterocycles. The minimum Gasteiger partial charge on any atom is -0.340 e. The molecule has 4 fully saturated rings. The van der Waals surface area contributed by atoms with Crippen LogP contribution in [0.2, 0.25) is 0 Å². The molecule has 23 heavy (non-hydrogen) atoms. The van der Waals surface area contributed by atoms with E-state index < -0.39 is 0 Å². The van der Waals surface area contributed by atoms with Crippen LogP contribution in [0.15, 0.2) is 12.2 Å². The van der Waals surface area contributed by atoms with Crippen LogP contribution in [0.4, 0.5) is 0 Å². The molecule has 4 aliphatic carbocycles. The molecule has 4 aliphatic rings. The molecular weight excluding hydrogens is 282 g/mol.